The average molecular weight is 390 g/mol. The maximum Gasteiger partial charge on any atom is 0.419 e. The lowest BCUT2D eigenvalue weighted by molar-refractivity contribution is -0.140. The fourth-order valence-corrected chi connectivity index (χ4v) is 2.54. The Morgan fingerprint density at radius 1 is 1.08 bits per heavy atom. The van der Waals surface area contributed by atoms with Gasteiger partial charge in [0.05, 0.1) is 10.3 Å². The summed E-state index contributed by atoms with van der Waals surface area (Å²) in [4.78, 5) is 3.81. The Kier molecular flexibility index (Phi) is 5.60. The Morgan fingerprint density at radius 2 is 1.73 bits per heavy atom. The minimum Gasteiger partial charge on any atom is -0.251 e. The maximum absolute atomic E-state index is 14.1. The number of pyridine rings is 1. The van der Waals surface area contributed by atoms with E-state index in [1.807, 2.05) is 0 Å². The van der Waals surface area contributed by atoms with E-state index in [1.165, 1.54) is 12.3 Å². The van der Waals surface area contributed by atoms with Crippen molar-refractivity contribution in [3.63, 3.8) is 0 Å². The monoisotopic (exact) mass is 390 g/mol. The highest BCUT2D eigenvalue weighted by atomic mass is 32.2. The molecule has 1 aromatic heterocycles. The molecule has 0 aliphatic rings. The summed E-state index contributed by atoms with van der Waals surface area (Å²) >= 11 is 0. The van der Waals surface area contributed by atoms with E-state index in [1.54, 1.807) is 20.8 Å². The summed E-state index contributed by atoms with van der Waals surface area (Å²) < 4.78 is 81.7. The number of aromatic nitrogens is 1. The molecule has 3 nitrogen and oxygen atoms in total. The van der Waals surface area contributed by atoms with Gasteiger partial charge in [-0.2, -0.15) is 17.6 Å². The van der Waals surface area contributed by atoms with Crippen LogP contribution in [0.15, 0.2) is 40.9 Å². The van der Waals surface area contributed by atoms with E-state index in [9.17, 15) is 26.2 Å². The van der Waals surface area contributed by atoms with Crippen molar-refractivity contribution in [2.45, 2.75) is 31.7 Å². The average Bonchev–Trinajstić information content (AvgIpc) is 2.51. The minimum absolute atomic E-state index is 0.161. The standard InChI is InChI=1S/C17H15F5N2OS/c1-16(2,3)26(25)24-14(15-12(18)5-4-8-23-15)10-6-7-11(13(19)9-10)17(20,21)22/h4-9H,1-3H3/t26-/m1/s1. The molecule has 26 heavy (non-hydrogen) atoms. The second-order valence-electron chi connectivity index (χ2n) is 6.33. The van der Waals surface area contributed by atoms with Gasteiger partial charge >= 0.3 is 6.18 Å². The Bertz CT molecular complexity index is 872. The van der Waals surface area contributed by atoms with Gasteiger partial charge in [-0.25, -0.2) is 13.0 Å². The normalized spacial score (nSPS) is 14.4. The summed E-state index contributed by atoms with van der Waals surface area (Å²) in [6.07, 6.45) is -3.63. The highest BCUT2D eigenvalue weighted by Crippen LogP contribution is 2.32. The zero-order valence-corrected chi connectivity index (χ0v) is 14.9. The molecule has 0 fully saturated rings. The van der Waals surface area contributed by atoms with Gasteiger partial charge in [-0.05, 0) is 45.0 Å². The summed E-state index contributed by atoms with van der Waals surface area (Å²) in [5.41, 5.74) is -2.24. The van der Waals surface area contributed by atoms with Gasteiger partial charge in [0.15, 0.2) is 5.82 Å². The van der Waals surface area contributed by atoms with Gasteiger partial charge in [-0.1, -0.05) is 6.07 Å². The number of hydrogen-bond acceptors (Lipinski definition) is 2. The lowest BCUT2D eigenvalue weighted by Gasteiger charge is -2.16. The molecule has 0 unspecified atom stereocenters. The summed E-state index contributed by atoms with van der Waals surface area (Å²) in [6, 6.07) is 4.43. The molecule has 0 radical (unpaired) electrons. The Hall–Kier alpha value is -2.16. The lowest BCUT2D eigenvalue weighted by Crippen LogP contribution is -2.22. The van der Waals surface area contributed by atoms with Crippen molar-refractivity contribution < 1.29 is 26.2 Å². The summed E-state index contributed by atoms with van der Waals surface area (Å²) in [5.74, 6) is -2.36. The number of alkyl halides is 3. The number of halogens is 5. The first-order chi connectivity index (χ1) is 11.9. The van der Waals surface area contributed by atoms with E-state index in [4.69, 9.17) is 0 Å². The van der Waals surface area contributed by atoms with Gasteiger partial charge < -0.3 is 0 Å². The predicted molar refractivity (Wildman–Crippen MR) is 89.1 cm³/mol. The van der Waals surface area contributed by atoms with Crippen molar-refractivity contribution in [2.75, 3.05) is 0 Å². The summed E-state index contributed by atoms with van der Waals surface area (Å²) in [7, 11) is -1.87. The molecule has 2 rings (SSSR count). The molecule has 0 saturated carbocycles. The number of hydrogen-bond donors (Lipinski definition) is 0. The molecule has 1 atom stereocenters. The van der Waals surface area contributed by atoms with E-state index >= 15 is 0 Å². The van der Waals surface area contributed by atoms with E-state index in [0.717, 1.165) is 12.1 Å². The molecular weight excluding hydrogens is 375 g/mol. The van der Waals surface area contributed by atoms with Crippen LogP contribution >= 0.6 is 0 Å². The van der Waals surface area contributed by atoms with Gasteiger partial charge in [0.25, 0.3) is 0 Å². The highest BCUT2D eigenvalue weighted by molar-refractivity contribution is 7.85. The Balaban J connectivity index is 2.66. The predicted octanol–water partition coefficient (Wildman–Crippen LogP) is 4.68. The molecule has 0 aliphatic heterocycles. The molecule has 0 N–H and O–H groups in total. The third kappa shape index (κ3) is 4.51. The van der Waals surface area contributed by atoms with Crippen LogP contribution in [0.4, 0.5) is 22.0 Å². The third-order valence-corrected chi connectivity index (χ3v) is 4.62. The summed E-state index contributed by atoms with van der Waals surface area (Å²) in [6.45, 7) is 4.85. The maximum atomic E-state index is 14.1. The van der Waals surface area contributed by atoms with E-state index in [0.29, 0.717) is 12.1 Å². The van der Waals surface area contributed by atoms with Crippen LogP contribution < -0.4 is 0 Å². The Morgan fingerprint density at radius 3 is 2.23 bits per heavy atom. The quantitative estimate of drug-likeness (QED) is 0.564. The molecule has 0 spiro atoms. The molecule has 0 amide bonds. The number of rotatable bonds is 3. The first kappa shape index (κ1) is 20.2. The first-order valence-electron chi connectivity index (χ1n) is 7.40. The van der Waals surface area contributed by atoms with Gasteiger partial charge in [0, 0.05) is 11.8 Å². The van der Waals surface area contributed by atoms with Gasteiger partial charge in [0.2, 0.25) is 0 Å². The molecule has 0 aliphatic carbocycles. The topological polar surface area (TPSA) is 42.3 Å². The molecule has 1 heterocycles. The van der Waals surface area contributed by atoms with Crippen LogP contribution in [0.2, 0.25) is 0 Å². The van der Waals surface area contributed by atoms with Crippen LogP contribution in [-0.4, -0.2) is 19.7 Å². The van der Waals surface area contributed by atoms with Crippen LogP contribution in [-0.2, 0) is 17.2 Å². The van der Waals surface area contributed by atoms with Gasteiger partial charge in [0.1, 0.15) is 28.2 Å². The molecule has 9 heteroatoms. The highest BCUT2D eigenvalue weighted by Gasteiger charge is 2.34. The summed E-state index contributed by atoms with van der Waals surface area (Å²) in [5, 5.41) is 0. The van der Waals surface area contributed by atoms with Crippen molar-refractivity contribution in [2.24, 2.45) is 4.40 Å². The minimum atomic E-state index is -4.87. The third-order valence-electron chi connectivity index (χ3n) is 3.23. The van der Waals surface area contributed by atoms with Crippen molar-refractivity contribution in [3.05, 3.63) is 65.0 Å². The first-order valence-corrected chi connectivity index (χ1v) is 8.50. The Labute approximate surface area is 149 Å². The molecular formula is C17H15F5N2OS. The number of benzene rings is 1. The van der Waals surface area contributed by atoms with E-state index < -0.39 is 39.1 Å². The van der Waals surface area contributed by atoms with Crippen LogP contribution in [0.25, 0.3) is 0 Å². The molecule has 140 valence electrons. The second kappa shape index (κ2) is 7.22. The van der Waals surface area contributed by atoms with Crippen molar-refractivity contribution in [1.82, 2.24) is 4.98 Å². The van der Waals surface area contributed by atoms with E-state index in [-0.39, 0.29) is 17.0 Å². The van der Waals surface area contributed by atoms with Crippen LogP contribution in [0.5, 0.6) is 0 Å². The van der Waals surface area contributed by atoms with Gasteiger partial charge in [-0.15, -0.1) is 0 Å². The van der Waals surface area contributed by atoms with E-state index in [2.05, 4.69) is 9.38 Å². The smallest absolute Gasteiger partial charge is 0.251 e. The van der Waals surface area contributed by atoms with Gasteiger partial charge in [-0.3, -0.25) is 4.98 Å². The molecule has 1 aromatic carbocycles. The zero-order chi connectivity index (χ0) is 19.7. The molecule has 2 aromatic rings. The fourth-order valence-electron chi connectivity index (χ4n) is 1.90. The molecule has 0 bridgehead atoms. The van der Waals surface area contributed by atoms with Crippen LogP contribution in [0.1, 0.15) is 37.6 Å². The van der Waals surface area contributed by atoms with Crippen molar-refractivity contribution in [3.8, 4) is 0 Å². The van der Waals surface area contributed by atoms with Crippen molar-refractivity contribution >= 4 is 16.7 Å². The van der Waals surface area contributed by atoms with Crippen LogP contribution in [0, 0.1) is 11.6 Å². The SMILES string of the molecule is CC(C)(C)[S@@](=O)N=C(c1ccc(C(F)(F)F)c(F)c1)c1ncccc1F. The van der Waals surface area contributed by atoms with Crippen LogP contribution in [0.3, 0.4) is 0 Å². The fraction of sp³-hybridized carbons (Fsp3) is 0.294. The van der Waals surface area contributed by atoms with Crippen molar-refractivity contribution in [1.29, 1.82) is 0 Å². The zero-order valence-electron chi connectivity index (χ0n) is 14.1. The lowest BCUT2D eigenvalue weighted by atomic mass is 10.0. The second-order valence-corrected chi connectivity index (χ2v) is 8.23. The largest absolute Gasteiger partial charge is 0.419 e. The molecule has 0 saturated heterocycles. The number of nitrogens with zero attached hydrogens (tertiary/aromatic N) is 2.